The van der Waals surface area contributed by atoms with E-state index in [2.05, 4.69) is 92.6 Å². The van der Waals surface area contributed by atoms with Gasteiger partial charge in [-0.3, -0.25) is 0 Å². The fraction of sp³-hybridized carbons (Fsp3) is 0.545. The second-order valence-electron chi connectivity index (χ2n) is 9.67. The maximum absolute atomic E-state index is 2.43. The summed E-state index contributed by atoms with van der Waals surface area (Å²) in [5.41, 5.74) is 4.81. The van der Waals surface area contributed by atoms with Crippen LogP contribution in [0.3, 0.4) is 0 Å². The van der Waals surface area contributed by atoms with Gasteiger partial charge in [0.1, 0.15) is 0 Å². The van der Waals surface area contributed by atoms with Gasteiger partial charge in [0, 0.05) is 0 Å². The lowest BCUT2D eigenvalue weighted by Gasteiger charge is -2.29. The zero-order valence-corrected chi connectivity index (χ0v) is 15.9. The molecule has 120 valence electrons. The van der Waals surface area contributed by atoms with Crippen molar-refractivity contribution in [3.05, 3.63) is 47.0 Å². The zero-order chi connectivity index (χ0) is 16.9. The van der Waals surface area contributed by atoms with Crippen molar-refractivity contribution in [1.82, 2.24) is 0 Å². The summed E-state index contributed by atoms with van der Waals surface area (Å²) in [7, 11) is 0. The van der Waals surface area contributed by atoms with E-state index in [1.807, 2.05) is 0 Å². The SMILES string of the molecule is CC(C)(C)c1cc(C(C)(C)C)c2cccc(C(C)(C)C)c2c1. The molecule has 0 radical (unpaired) electrons. The van der Waals surface area contributed by atoms with Gasteiger partial charge in [-0.25, -0.2) is 0 Å². The molecule has 0 aliphatic carbocycles. The second kappa shape index (κ2) is 5.11. The van der Waals surface area contributed by atoms with E-state index in [4.69, 9.17) is 0 Å². The van der Waals surface area contributed by atoms with Gasteiger partial charge in [0.25, 0.3) is 0 Å². The van der Waals surface area contributed by atoms with E-state index in [1.54, 1.807) is 0 Å². The Morgan fingerprint density at radius 2 is 1.09 bits per heavy atom. The van der Waals surface area contributed by atoms with Crippen molar-refractivity contribution in [2.24, 2.45) is 0 Å². The number of hydrogen-bond donors (Lipinski definition) is 0. The molecule has 0 aromatic heterocycles. The van der Waals surface area contributed by atoms with Gasteiger partial charge in [-0.2, -0.15) is 0 Å². The minimum atomic E-state index is 0.149. The third kappa shape index (κ3) is 3.21. The molecule has 0 aliphatic heterocycles. The summed E-state index contributed by atoms with van der Waals surface area (Å²) in [6.45, 7) is 20.8. The Balaban J connectivity index is 2.96. The van der Waals surface area contributed by atoms with Crippen LogP contribution in [0.4, 0.5) is 0 Å². The molecule has 0 spiro atoms. The minimum Gasteiger partial charge on any atom is -0.0613 e. The second-order valence-corrected chi connectivity index (χ2v) is 9.67. The van der Waals surface area contributed by atoms with Crippen LogP contribution in [0.25, 0.3) is 10.8 Å². The normalized spacial score (nSPS) is 13.7. The molecule has 22 heavy (non-hydrogen) atoms. The van der Waals surface area contributed by atoms with Crippen LogP contribution in [-0.4, -0.2) is 0 Å². The third-order valence-corrected chi connectivity index (χ3v) is 4.48. The van der Waals surface area contributed by atoms with Crippen LogP contribution in [-0.2, 0) is 16.2 Å². The maximum Gasteiger partial charge on any atom is -0.0126 e. The largest absolute Gasteiger partial charge is 0.0613 e. The van der Waals surface area contributed by atoms with Crippen LogP contribution in [0, 0.1) is 0 Å². The highest BCUT2D eigenvalue weighted by Gasteiger charge is 2.25. The molecule has 0 saturated heterocycles. The first kappa shape index (κ1) is 17.1. The lowest BCUT2D eigenvalue weighted by molar-refractivity contribution is 0.571. The van der Waals surface area contributed by atoms with Crippen LogP contribution >= 0.6 is 0 Å². The average molecular weight is 296 g/mol. The standard InChI is InChI=1S/C22H32/c1-20(2,3)15-13-17-16(19(14-15)22(7,8)9)11-10-12-18(17)21(4,5)6/h10-14H,1-9H3. The minimum absolute atomic E-state index is 0.149. The van der Waals surface area contributed by atoms with Crippen molar-refractivity contribution in [1.29, 1.82) is 0 Å². The first-order chi connectivity index (χ1) is 9.82. The summed E-state index contributed by atoms with van der Waals surface area (Å²) in [6, 6.07) is 11.6. The number of hydrogen-bond acceptors (Lipinski definition) is 0. The smallest absolute Gasteiger partial charge is 0.0126 e. The molecule has 0 amide bonds. The fourth-order valence-electron chi connectivity index (χ4n) is 3.09. The molecule has 0 N–H and O–H groups in total. The molecule has 2 rings (SSSR count). The predicted octanol–water partition coefficient (Wildman–Crippen LogP) is 6.73. The highest BCUT2D eigenvalue weighted by molar-refractivity contribution is 5.91. The summed E-state index contributed by atoms with van der Waals surface area (Å²) >= 11 is 0. The van der Waals surface area contributed by atoms with E-state index in [-0.39, 0.29) is 16.2 Å². The Hall–Kier alpha value is -1.30. The molecule has 0 aliphatic rings. The predicted molar refractivity (Wildman–Crippen MR) is 100 cm³/mol. The average Bonchev–Trinajstić information content (AvgIpc) is 2.33. The lowest BCUT2D eigenvalue weighted by Crippen LogP contribution is -2.18. The van der Waals surface area contributed by atoms with Crippen molar-refractivity contribution >= 4 is 10.8 Å². The molecule has 0 atom stereocenters. The highest BCUT2D eigenvalue weighted by Crippen LogP contribution is 2.39. The van der Waals surface area contributed by atoms with Crippen molar-refractivity contribution in [3.8, 4) is 0 Å². The molecule has 2 aromatic carbocycles. The Kier molecular flexibility index (Phi) is 3.97. The number of fused-ring (bicyclic) bond motifs is 1. The van der Waals surface area contributed by atoms with E-state index in [0.29, 0.717) is 0 Å². The van der Waals surface area contributed by atoms with E-state index in [1.165, 1.54) is 27.5 Å². The van der Waals surface area contributed by atoms with Crippen molar-refractivity contribution in [2.45, 2.75) is 78.6 Å². The summed E-state index contributed by atoms with van der Waals surface area (Å²) in [5, 5.41) is 2.83. The third-order valence-electron chi connectivity index (χ3n) is 4.48. The zero-order valence-electron chi connectivity index (χ0n) is 15.9. The van der Waals surface area contributed by atoms with Crippen molar-refractivity contribution in [2.75, 3.05) is 0 Å². The Morgan fingerprint density at radius 1 is 0.545 bits per heavy atom. The highest BCUT2D eigenvalue weighted by atomic mass is 14.3. The first-order valence-corrected chi connectivity index (χ1v) is 8.40. The van der Waals surface area contributed by atoms with E-state index < -0.39 is 0 Å². The summed E-state index contributed by atoms with van der Waals surface area (Å²) in [5.74, 6) is 0. The fourth-order valence-corrected chi connectivity index (χ4v) is 3.09. The molecule has 0 bridgehead atoms. The molecule has 0 saturated carbocycles. The molecule has 2 aromatic rings. The maximum atomic E-state index is 2.43. The van der Waals surface area contributed by atoms with Crippen molar-refractivity contribution in [3.63, 3.8) is 0 Å². The molecule has 0 fully saturated rings. The topological polar surface area (TPSA) is 0 Å². The van der Waals surface area contributed by atoms with Gasteiger partial charge >= 0.3 is 0 Å². The van der Waals surface area contributed by atoms with E-state index in [0.717, 1.165) is 0 Å². The number of rotatable bonds is 0. The lowest BCUT2D eigenvalue weighted by atomic mass is 9.75. The van der Waals surface area contributed by atoms with Crippen molar-refractivity contribution < 1.29 is 0 Å². The van der Waals surface area contributed by atoms with Crippen LogP contribution in [0.2, 0.25) is 0 Å². The Labute approximate surface area is 136 Å². The van der Waals surface area contributed by atoms with Gasteiger partial charge in [0.05, 0.1) is 0 Å². The Morgan fingerprint density at radius 3 is 1.55 bits per heavy atom. The van der Waals surface area contributed by atoms with Gasteiger partial charge in [0.15, 0.2) is 0 Å². The summed E-state index contributed by atoms with van der Waals surface area (Å²) in [4.78, 5) is 0. The summed E-state index contributed by atoms with van der Waals surface area (Å²) < 4.78 is 0. The quantitative estimate of drug-likeness (QED) is 0.505. The molecule has 0 unspecified atom stereocenters. The summed E-state index contributed by atoms with van der Waals surface area (Å²) in [6.07, 6.45) is 0. The number of benzene rings is 2. The van der Waals surface area contributed by atoms with Gasteiger partial charge in [0.2, 0.25) is 0 Å². The van der Waals surface area contributed by atoms with Crippen LogP contribution in [0.1, 0.15) is 79.0 Å². The molecule has 0 heteroatoms. The monoisotopic (exact) mass is 296 g/mol. The molecular formula is C22H32. The van der Waals surface area contributed by atoms with Gasteiger partial charge in [-0.1, -0.05) is 92.6 Å². The van der Waals surface area contributed by atoms with Crippen LogP contribution in [0.5, 0.6) is 0 Å². The van der Waals surface area contributed by atoms with Gasteiger partial charge in [-0.05, 0) is 43.7 Å². The molecule has 0 nitrogen and oxygen atoms in total. The molecule has 0 heterocycles. The van der Waals surface area contributed by atoms with Gasteiger partial charge < -0.3 is 0 Å². The van der Waals surface area contributed by atoms with Crippen LogP contribution in [0.15, 0.2) is 30.3 Å². The molecular weight excluding hydrogens is 264 g/mol. The van der Waals surface area contributed by atoms with Gasteiger partial charge in [-0.15, -0.1) is 0 Å². The first-order valence-electron chi connectivity index (χ1n) is 8.40. The van der Waals surface area contributed by atoms with Crippen LogP contribution < -0.4 is 0 Å². The van der Waals surface area contributed by atoms with E-state index >= 15 is 0 Å². The van der Waals surface area contributed by atoms with E-state index in [9.17, 15) is 0 Å². The Bertz CT molecular complexity index is 683.